The van der Waals surface area contributed by atoms with Crippen molar-refractivity contribution in [3.63, 3.8) is 0 Å². The van der Waals surface area contributed by atoms with Gasteiger partial charge in [-0.25, -0.2) is 0 Å². The van der Waals surface area contributed by atoms with Gasteiger partial charge >= 0.3 is 0 Å². The molecule has 3 heteroatoms. The molecule has 1 aromatic carbocycles. The lowest BCUT2D eigenvalue weighted by molar-refractivity contribution is 0.104. The highest BCUT2D eigenvalue weighted by molar-refractivity contribution is 5.52. The van der Waals surface area contributed by atoms with Crippen LogP contribution in [0.4, 0.5) is 5.69 Å². The smallest absolute Gasteiger partial charge is 0.163 e. The molecule has 0 saturated heterocycles. The van der Waals surface area contributed by atoms with Gasteiger partial charge in [0.25, 0.3) is 0 Å². The van der Waals surface area contributed by atoms with Crippen LogP contribution >= 0.6 is 0 Å². The highest BCUT2D eigenvalue weighted by Gasteiger charge is 2.16. The second kappa shape index (κ2) is 2.59. The van der Waals surface area contributed by atoms with Crippen LogP contribution in [-0.4, -0.2) is 12.7 Å². The van der Waals surface area contributed by atoms with Gasteiger partial charge in [-0.15, -0.1) is 0 Å². The Hall–Kier alpha value is -1.38. The number of nitrogen functional groups attached to an aromatic ring is 1. The molecule has 3 nitrogen and oxygen atoms in total. The van der Waals surface area contributed by atoms with E-state index in [-0.39, 0.29) is 6.10 Å². The summed E-state index contributed by atoms with van der Waals surface area (Å²) in [7, 11) is 0. The first-order chi connectivity index (χ1) is 5.75. The summed E-state index contributed by atoms with van der Waals surface area (Å²) in [6.07, 6.45) is 0.110. The van der Waals surface area contributed by atoms with Crippen molar-refractivity contribution in [1.82, 2.24) is 0 Å². The lowest BCUT2D eigenvalue weighted by Crippen LogP contribution is -2.25. The molecule has 0 aliphatic carbocycles. The largest absolute Gasteiger partial charge is 0.486 e. The van der Waals surface area contributed by atoms with Gasteiger partial charge in [0.2, 0.25) is 0 Å². The molecule has 1 aromatic rings. The van der Waals surface area contributed by atoms with Crippen molar-refractivity contribution in [3.05, 3.63) is 18.2 Å². The van der Waals surface area contributed by atoms with E-state index >= 15 is 0 Å². The second-order valence-electron chi connectivity index (χ2n) is 2.95. The van der Waals surface area contributed by atoms with E-state index in [4.69, 9.17) is 15.2 Å². The number of fused-ring (bicyclic) bond motifs is 1. The van der Waals surface area contributed by atoms with Crippen molar-refractivity contribution < 1.29 is 9.47 Å². The summed E-state index contributed by atoms with van der Waals surface area (Å²) in [4.78, 5) is 0. The number of ether oxygens (including phenoxy) is 2. The summed E-state index contributed by atoms with van der Waals surface area (Å²) in [6, 6.07) is 5.42. The fourth-order valence-electron chi connectivity index (χ4n) is 1.19. The summed E-state index contributed by atoms with van der Waals surface area (Å²) in [6.45, 7) is 2.57. The van der Waals surface area contributed by atoms with E-state index in [0.29, 0.717) is 12.3 Å². The van der Waals surface area contributed by atoms with Gasteiger partial charge in [0.05, 0.1) is 0 Å². The molecule has 0 aromatic heterocycles. The summed E-state index contributed by atoms with van der Waals surface area (Å²) in [5, 5.41) is 0. The Morgan fingerprint density at radius 1 is 1.42 bits per heavy atom. The van der Waals surface area contributed by atoms with Crippen LogP contribution in [0.15, 0.2) is 18.2 Å². The monoisotopic (exact) mass is 165 g/mol. The van der Waals surface area contributed by atoms with Crippen LogP contribution in [0.2, 0.25) is 0 Å². The average Bonchev–Trinajstić information content (AvgIpc) is 2.03. The Morgan fingerprint density at radius 3 is 3.08 bits per heavy atom. The molecule has 0 bridgehead atoms. The third-order valence-corrected chi connectivity index (χ3v) is 1.77. The number of anilines is 1. The highest BCUT2D eigenvalue weighted by Crippen LogP contribution is 2.32. The Kier molecular flexibility index (Phi) is 1.57. The first-order valence-electron chi connectivity index (χ1n) is 3.94. The Bertz CT molecular complexity index is 299. The fourth-order valence-corrected chi connectivity index (χ4v) is 1.19. The van der Waals surface area contributed by atoms with Gasteiger partial charge in [0, 0.05) is 11.8 Å². The minimum atomic E-state index is 0.110. The molecule has 1 aliphatic heterocycles. The molecule has 0 spiro atoms. The summed E-state index contributed by atoms with van der Waals surface area (Å²) in [5.74, 6) is 1.52. The van der Waals surface area contributed by atoms with Crippen molar-refractivity contribution in [3.8, 4) is 11.5 Å². The molecule has 0 saturated carbocycles. The molecular weight excluding hydrogens is 154 g/mol. The van der Waals surface area contributed by atoms with Crippen LogP contribution in [0.5, 0.6) is 11.5 Å². The standard InChI is InChI=1S/C9H11NO2/c1-6-5-11-8-3-2-7(10)4-9(8)12-6/h2-4,6H,5,10H2,1H3. The predicted octanol–water partition coefficient (Wildman–Crippen LogP) is 1.43. The van der Waals surface area contributed by atoms with Crippen LogP contribution in [0.3, 0.4) is 0 Å². The van der Waals surface area contributed by atoms with Gasteiger partial charge in [-0.1, -0.05) is 0 Å². The van der Waals surface area contributed by atoms with Crippen molar-refractivity contribution >= 4 is 5.69 Å². The molecule has 1 unspecified atom stereocenters. The van der Waals surface area contributed by atoms with Crippen molar-refractivity contribution in [1.29, 1.82) is 0 Å². The van der Waals surface area contributed by atoms with E-state index in [1.54, 1.807) is 12.1 Å². The van der Waals surface area contributed by atoms with Gasteiger partial charge in [-0.05, 0) is 19.1 Å². The van der Waals surface area contributed by atoms with E-state index in [2.05, 4.69) is 0 Å². The summed E-state index contributed by atoms with van der Waals surface area (Å²) in [5.41, 5.74) is 6.29. The first kappa shape index (κ1) is 7.28. The summed E-state index contributed by atoms with van der Waals surface area (Å²) < 4.78 is 10.9. The zero-order valence-corrected chi connectivity index (χ0v) is 6.91. The van der Waals surface area contributed by atoms with E-state index < -0.39 is 0 Å². The Labute approximate surface area is 71.1 Å². The molecule has 2 N–H and O–H groups in total. The molecule has 2 rings (SSSR count). The number of hydrogen-bond donors (Lipinski definition) is 1. The quantitative estimate of drug-likeness (QED) is 0.591. The maximum absolute atomic E-state index is 5.59. The number of benzene rings is 1. The van der Waals surface area contributed by atoms with Crippen LogP contribution < -0.4 is 15.2 Å². The highest BCUT2D eigenvalue weighted by atomic mass is 16.6. The minimum absolute atomic E-state index is 0.110. The molecule has 64 valence electrons. The van der Waals surface area contributed by atoms with E-state index in [1.807, 2.05) is 13.0 Å². The average molecular weight is 165 g/mol. The minimum Gasteiger partial charge on any atom is -0.486 e. The van der Waals surface area contributed by atoms with Crippen LogP contribution in [0.1, 0.15) is 6.92 Å². The van der Waals surface area contributed by atoms with Gasteiger partial charge in [0.15, 0.2) is 11.5 Å². The molecule has 1 aliphatic rings. The van der Waals surface area contributed by atoms with Crippen molar-refractivity contribution in [2.75, 3.05) is 12.3 Å². The lowest BCUT2D eigenvalue weighted by atomic mass is 10.2. The molecule has 0 fully saturated rings. The fraction of sp³-hybridized carbons (Fsp3) is 0.333. The SMILES string of the molecule is CC1COc2ccc(N)cc2O1. The first-order valence-corrected chi connectivity index (χ1v) is 3.94. The molecule has 0 radical (unpaired) electrons. The summed E-state index contributed by atoms with van der Waals surface area (Å²) >= 11 is 0. The molecule has 0 amide bonds. The number of hydrogen-bond acceptors (Lipinski definition) is 3. The number of rotatable bonds is 0. The van der Waals surface area contributed by atoms with E-state index in [9.17, 15) is 0 Å². The Morgan fingerprint density at radius 2 is 2.25 bits per heavy atom. The van der Waals surface area contributed by atoms with Crippen LogP contribution in [0.25, 0.3) is 0 Å². The van der Waals surface area contributed by atoms with Gasteiger partial charge in [-0.2, -0.15) is 0 Å². The molecule has 1 atom stereocenters. The van der Waals surface area contributed by atoms with Crippen molar-refractivity contribution in [2.45, 2.75) is 13.0 Å². The van der Waals surface area contributed by atoms with E-state index in [0.717, 1.165) is 11.5 Å². The van der Waals surface area contributed by atoms with Crippen LogP contribution in [0, 0.1) is 0 Å². The molecular formula is C9H11NO2. The zero-order chi connectivity index (χ0) is 8.55. The van der Waals surface area contributed by atoms with Gasteiger partial charge in [-0.3, -0.25) is 0 Å². The molecule has 1 heterocycles. The predicted molar refractivity (Wildman–Crippen MR) is 46.4 cm³/mol. The van der Waals surface area contributed by atoms with Crippen LogP contribution in [-0.2, 0) is 0 Å². The maximum Gasteiger partial charge on any atom is 0.163 e. The van der Waals surface area contributed by atoms with E-state index in [1.165, 1.54) is 0 Å². The topological polar surface area (TPSA) is 44.5 Å². The lowest BCUT2D eigenvalue weighted by Gasteiger charge is -2.23. The van der Waals surface area contributed by atoms with Crippen molar-refractivity contribution in [2.24, 2.45) is 0 Å². The third-order valence-electron chi connectivity index (χ3n) is 1.77. The Balaban J connectivity index is 2.37. The maximum atomic E-state index is 5.59. The zero-order valence-electron chi connectivity index (χ0n) is 6.91. The van der Waals surface area contributed by atoms with Gasteiger partial charge in [0.1, 0.15) is 12.7 Å². The second-order valence-corrected chi connectivity index (χ2v) is 2.95. The normalized spacial score (nSPS) is 20.6. The van der Waals surface area contributed by atoms with Gasteiger partial charge < -0.3 is 15.2 Å². The molecule has 12 heavy (non-hydrogen) atoms. The number of nitrogens with two attached hydrogens (primary N) is 1. The third kappa shape index (κ3) is 1.18.